The number of azo groups is 2. The van der Waals surface area contributed by atoms with E-state index in [4.69, 9.17) is 0 Å². The van der Waals surface area contributed by atoms with Crippen molar-refractivity contribution in [2.24, 2.45) is 20.5 Å². The molecule has 0 aromatic heterocycles. The molecule has 0 aliphatic carbocycles. The summed E-state index contributed by atoms with van der Waals surface area (Å²) in [5.41, 5.74) is -0.154. The molecule has 0 fully saturated rings. The second-order valence-corrected chi connectivity index (χ2v) is 12.2. The summed E-state index contributed by atoms with van der Waals surface area (Å²) in [6.45, 7) is 0. The summed E-state index contributed by atoms with van der Waals surface area (Å²) in [7, 11) is -4.84. The van der Waals surface area contributed by atoms with Crippen LogP contribution in [0.3, 0.4) is 0 Å². The van der Waals surface area contributed by atoms with Gasteiger partial charge < -0.3 is 25.0 Å². The molecule has 0 unspecified atom stereocenters. The molecule has 0 bridgehead atoms. The fourth-order valence-corrected chi connectivity index (χ4v) is 5.85. The van der Waals surface area contributed by atoms with Crippen LogP contribution in [0, 0.1) is 10.1 Å². The van der Waals surface area contributed by atoms with Gasteiger partial charge in [0.05, 0.1) is 32.9 Å². The zero-order valence-electron chi connectivity index (χ0n) is 27.3. The first-order valence-corrected chi connectivity index (χ1v) is 16.2. The first kappa shape index (κ1) is 40.3. The molecule has 17 heteroatoms. The molecule has 0 saturated heterocycles. The van der Waals surface area contributed by atoms with Crippen molar-refractivity contribution in [2.75, 3.05) is 0 Å². The molecule has 1 N–H and O–H groups in total. The largest absolute Gasteiger partial charge is 3.00 e. The Morgan fingerprint density at radius 1 is 0.566 bits per heavy atom. The predicted molar refractivity (Wildman–Crippen MR) is 181 cm³/mol. The number of nitro groups is 1. The van der Waals surface area contributed by atoms with Gasteiger partial charge in [0, 0.05) is 22.2 Å². The topological polar surface area (TPSA) is 239 Å². The molecule has 53 heavy (non-hydrogen) atoms. The summed E-state index contributed by atoms with van der Waals surface area (Å²) < 4.78 is 34.5. The Hall–Kier alpha value is -5.44. The number of rotatable bonds is 6. The van der Waals surface area contributed by atoms with Gasteiger partial charge >= 0.3 is 46.9 Å². The van der Waals surface area contributed by atoms with Crippen LogP contribution in [0.2, 0.25) is 0 Å². The number of benzene rings is 7. The van der Waals surface area contributed by atoms with E-state index < -0.39 is 25.7 Å². The van der Waals surface area contributed by atoms with Gasteiger partial charge in [-0.15, -0.1) is 5.11 Å². The van der Waals surface area contributed by atoms with E-state index in [1.165, 1.54) is 36.4 Å². The van der Waals surface area contributed by atoms with Crippen molar-refractivity contribution >= 4 is 70.9 Å². The van der Waals surface area contributed by atoms with E-state index in [0.717, 1.165) is 28.3 Å². The van der Waals surface area contributed by atoms with Gasteiger partial charge in [0.25, 0.3) is 5.69 Å². The van der Waals surface area contributed by atoms with Crippen LogP contribution < -0.4 is 44.9 Å². The summed E-state index contributed by atoms with van der Waals surface area (Å²) in [4.78, 5) is 9.38. The Kier molecular flexibility index (Phi) is 12.9. The van der Waals surface area contributed by atoms with Crippen molar-refractivity contribution < 1.29 is 85.2 Å². The number of nitro benzene ring substituents is 1. The van der Waals surface area contributed by atoms with Crippen molar-refractivity contribution in [3.63, 3.8) is 0 Å². The van der Waals surface area contributed by atoms with Gasteiger partial charge in [0.1, 0.15) is 21.6 Å². The Bertz CT molecular complexity index is 2680. The number of phenols is 1. The third-order valence-corrected chi connectivity index (χ3v) is 8.47. The van der Waals surface area contributed by atoms with Gasteiger partial charge in [-0.1, -0.05) is 108 Å². The van der Waals surface area contributed by atoms with Crippen molar-refractivity contribution in [1.29, 1.82) is 0 Å². The van der Waals surface area contributed by atoms with E-state index in [-0.39, 0.29) is 103 Å². The van der Waals surface area contributed by atoms with Crippen LogP contribution in [0.4, 0.5) is 28.4 Å². The number of non-ortho nitro benzene ring substituents is 1. The minimum Gasteiger partial charge on any atom is -0.871 e. The van der Waals surface area contributed by atoms with Crippen LogP contribution in [-0.2, 0) is 27.5 Å². The fraction of sp³-hybridized carbons (Fsp3) is 0. The maximum Gasteiger partial charge on any atom is 3.00 e. The second kappa shape index (κ2) is 16.9. The van der Waals surface area contributed by atoms with Crippen LogP contribution in [0.25, 0.3) is 32.3 Å². The summed E-state index contributed by atoms with van der Waals surface area (Å²) >= 11 is 0. The van der Waals surface area contributed by atoms with Crippen molar-refractivity contribution in [3.8, 4) is 23.0 Å². The van der Waals surface area contributed by atoms with Crippen LogP contribution in [0.1, 0.15) is 0 Å². The van der Waals surface area contributed by atoms with Crippen LogP contribution >= 0.6 is 0 Å². The normalized spacial score (nSPS) is 11.3. The van der Waals surface area contributed by atoms with E-state index in [1.807, 2.05) is 36.4 Å². The van der Waals surface area contributed by atoms with Gasteiger partial charge in [-0.2, -0.15) is 15.3 Å². The zero-order valence-corrected chi connectivity index (χ0v) is 31.4. The Labute approximate surface area is 333 Å². The van der Waals surface area contributed by atoms with E-state index in [2.05, 4.69) is 20.5 Å². The number of hydrogen-bond donors (Lipinski definition) is 1. The number of aromatic hydroxyl groups is 1. The molecule has 7 aromatic carbocycles. The smallest absolute Gasteiger partial charge is 0.871 e. The molecule has 0 heterocycles. The minimum absolute atomic E-state index is 0. The van der Waals surface area contributed by atoms with Gasteiger partial charge in [-0.3, -0.25) is 10.1 Å². The van der Waals surface area contributed by atoms with Gasteiger partial charge in [0.2, 0.25) is 0 Å². The first-order chi connectivity index (χ1) is 24.4. The monoisotopic (exact) mass is 774 g/mol. The quantitative estimate of drug-likeness (QED) is 0.0827. The molecule has 1 radical (unpaired) electrons. The summed E-state index contributed by atoms with van der Waals surface area (Å²) in [6, 6.07) is 30.7. The summed E-state index contributed by atoms with van der Waals surface area (Å²) in [6.07, 6.45) is 0. The molecular formula is C36H21CrN5NaO9S. The van der Waals surface area contributed by atoms with E-state index in [9.17, 15) is 43.5 Å². The summed E-state index contributed by atoms with van der Waals surface area (Å²) in [5, 5.41) is 75.8. The average Bonchev–Trinajstić information content (AvgIpc) is 3.11. The van der Waals surface area contributed by atoms with Crippen molar-refractivity contribution in [1.82, 2.24) is 0 Å². The number of nitrogens with zero attached hydrogens (tertiary/aromatic N) is 5. The van der Waals surface area contributed by atoms with E-state index in [0.29, 0.717) is 5.39 Å². The maximum atomic E-state index is 12.4. The van der Waals surface area contributed by atoms with Gasteiger partial charge in [-0.25, -0.2) is 8.42 Å². The Morgan fingerprint density at radius 2 is 1.11 bits per heavy atom. The van der Waals surface area contributed by atoms with Gasteiger partial charge in [0.15, 0.2) is 0 Å². The SMILES string of the molecule is O=S(=O)([O-])c1cc([O-])c(N=Nc2c([O-])ccc3ccccc23)c2ccccc12.O=[N+]([O-])c1ccc(N=Nc2cc3ccccc3cc2[O-])c(O)c1.[Cr+3].[Na+]. The average molecular weight is 775 g/mol. The molecular weight excluding hydrogens is 753 g/mol. The molecule has 0 saturated carbocycles. The van der Waals surface area contributed by atoms with E-state index >= 15 is 0 Å². The Morgan fingerprint density at radius 3 is 1.74 bits per heavy atom. The third-order valence-electron chi connectivity index (χ3n) is 7.59. The molecule has 0 aliphatic rings. The molecule has 0 spiro atoms. The number of phenolic OH excluding ortho intramolecular Hbond substituents is 1. The van der Waals surface area contributed by atoms with Crippen molar-refractivity contribution in [2.45, 2.75) is 4.90 Å². The molecule has 14 nitrogen and oxygen atoms in total. The van der Waals surface area contributed by atoms with Crippen LogP contribution in [0.15, 0.2) is 147 Å². The third kappa shape index (κ3) is 8.96. The minimum atomic E-state index is -4.84. The molecule has 0 amide bonds. The molecule has 7 rings (SSSR count). The van der Waals surface area contributed by atoms with Crippen molar-refractivity contribution in [3.05, 3.63) is 131 Å². The van der Waals surface area contributed by atoms with Gasteiger partial charge in [-0.05, 0) is 34.4 Å². The predicted octanol–water partition coefficient (Wildman–Crippen LogP) is 4.40. The molecule has 257 valence electrons. The first-order valence-electron chi connectivity index (χ1n) is 14.8. The van der Waals surface area contributed by atoms with E-state index in [1.54, 1.807) is 36.4 Å². The number of hydrogen-bond acceptors (Lipinski definition) is 13. The fourth-order valence-electron chi connectivity index (χ4n) is 5.15. The Balaban J connectivity index is 0.000000232. The second-order valence-electron chi connectivity index (χ2n) is 10.9. The standard InChI is InChI=1S/C20H14N2O5S.C16H11N3O4.Cr.Na/c23-16-10-9-12-5-1-2-6-13(12)19(16)21-22-20-15-8-4-3-7-14(15)18(11-17(20)24)28(25,26)27;20-15-8-11-4-2-1-3-10(11)7-14(15)18-17-13-6-5-12(19(22)23)9-16(13)21;;/h1-11,23-24H,(H,25,26,27);1-9,20-21H;;/q;;+3;+1/p-4. The molecule has 0 aliphatic heterocycles. The zero-order chi connectivity index (χ0) is 36.3. The maximum absolute atomic E-state index is 12.4. The number of fused-ring (bicyclic) bond motifs is 3. The molecule has 0 atom stereocenters. The summed E-state index contributed by atoms with van der Waals surface area (Å²) in [5.74, 6) is -1.81. The van der Waals surface area contributed by atoms with Crippen LogP contribution in [-0.4, -0.2) is 23.0 Å². The van der Waals surface area contributed by atoms with Crippen LogP contribution in [0.5, 0.6) is 23.0 Å². The molecule has 7 aromatic rings.